The summed E-state index contributed by atoms with van der Waals surface area (Å²) in [7, 11) is 1.61. The van der Waals surface area contributed by atoms with Crippen LogP contribution in [0.4, 0.5) is 4.79 Å². The summed E-state index contributed by atoms with van der Waals surface area (Å²) in [6.45, 7) is 6.85. The molecule has 0 aliphatic carbocycles. The van der Waals surface area contributed by atoms with Gasteiger partial charge in [0, 0.05) is 31.4 Å². The zero-order valence-corrected chi connectivity index (χ0v) is 21.2. The molecule has 8 nitrogen and oxygen atoms in total. The number of hydrogen-bond acceptors (Lipinski definition) is 6. The van der Waals surface area contributed by atoms with Crippen LogP contribution in [-0.2, 0) is 11.3 Å². The number of benzene rings is 1. The van der Waals surface area contributed by atoms with Gasteiger partial charge >= 0.3 is 6.09 Å². The first-order valence-electron chi connectivity index (χ1n) is 11.6. The van der Waals surface area contributed by atoms with Gasteiger partial charge in [-0.3, -0.25) is 4.79 Å². The third-order valence-corrected chi connectivity index (χ3v) is 6.08. The molecule has 0 saturated carbocycles. The lowest BCUT2D eigenvalue weighted by molar-refractivity contribution is 0.0187. The molecule has 0 N–H and O–H groups in total. The van der Waals surface area contributed by atoms with E-state index in [4.69, 9.17) is 25.8 Å². The largest absolute Gasteiger partial charge is 0.497 e. The van der Waals surface area contributed by atoms with Crippen LogP contribution < -0.4 is 15.0 Å². The number of likely N-dealkylation sites (tertiary alicyclic amines) is 1. The highest BCUT2D eigenvalue weighted by molar-refractivity contribution is 6.30. The normalized spacial score (nSPS) is 14.7. The molecule has 1 amide bonds. The minimum Gasteiger partial charge on any atom is -0.497 e. The number of piperidine rings is 1. The molecule has 0 bridgehead atoms. The Morgan fingerprint density at radius 2 is 1.83 bits per heavy atom. The van der Waals surface area contributed by atoms with Gasteiger partial charge in [-0.15, -0.1) is 0 Å². The van der Waals surface area contributed by atoms with Crippen LogP contribution in [0.1, 0.15) is 45.2 Å². The summed E-state index contributed by atoms with van der Waals surface area (Å²) in [6.07, 6.45) is 2.71. The maximum Gasteiger partial charge on any atom is 0.410 e. The molecular weight excluding hydrogens is 470 g/mol. The van der Waals surface area contributed by atoms with E-state index in [9.17, 15) is 9.59 Å². The van der Waals surface area contributed by atoms with Crippen LogP contribution in [0.2, 0.25) is 5.15 Å². The average Bonchev–Trinajstić information content (AvgIpc) is 2.82. The molecule has 186 valence electrons. The van der Waals surface area contributed by atoms with Gasteiger partial charge < -0.3 is 23.7 Å². The standard InChI is InChI=1S/C26H30ClN3O5/c1-26(2,3)35-25(32)29-12-9-18(10-13-29)30-14-11-20-23(24(30)31)21(15-22(27)28-20)34-16-17-5-7-19(33-4)8-6-17/h5-8,11,14-15,18H,9-10,12-13,16H2,1-4H3. The second kappa shape index (κ2) is 10.2. The van der Waals surface area contributed by atoms with Gasteiger partial charge in [0.25, 0.3) is 5.56 Å². The molecule has 3 heterocycles. The van der Waals surface area contributed by atoms with Crippen molar-refractivity contribution in [2.24, 2.45) is 0 Å². The van der Waals surface area contributed by atoms with Gasteiger partial charge in [0.15, 0.2) is 0 Å². The maximum absolute atomic E-state index is 13.5. The Kier molecular flexibility index (Phi) is 7.21. The van der Waals surface area contributed by atoms with Gasteiger partial charge in [-0.1, -0.05) is 23.7 Å². The van der Waals surface area contributed by atoms with E-state index in [1.54, 1.807) is 34.9 Å². The summed E-state index contributed by atoms with van der Waals surface area (Å²) < 4.78 is 18.4. The van der Waals surface area contributed by atoms with Gasteiger partial charge in [-0.2, -0.15) is 0 Å². The van der Waals surface area contributed by atoms with Gasteiger partial charge in [-0.05, 0) is 57.4 Å². The number of fused-ring (bicyclic) bond motifs is 1. The van der Waals surface area contributed by atoms with E-state index in [-0.39, 0.29) is 29.5 Å². The van der Waals surface area contributed by atoms with Gasteiger partial charge in [-0.25, -0.2) is 9.78 Å². The van der Waals surface area contributed by atoms with Crippen LogP contribution in [0.15, 0.2) is 47.4 Å². The number of methoxy groups -OCH3 is 1. The van der Waals surface area contributed by atoms with Crippen molar-refractivity contribution in [1.29, 1.82) is 0 Å². The van der Waals surface area contributed by atoms with E-state index in [0.29, 0.717) is 42.6 Å². The van der Waals surface area contributed by atoms with Crippen molar-refractivity contribution in [2.45, 2.75) is 51.9 Å². The summed E-state index contributed by atoms with van der Waals surface area (Å²) in [5.74, 6) is 1.15. The van der Waals surface area contributed by atoms with Crippen molar-refractivity contribution in [2.75, 3.05) is 20.2 Å². The quantitative estimate of drug-likeness (QED) is 0.448. The number of aromatic nitrogens is 2. The van der Waals surface area contributed by atoms with E-state index < -0.39 is 5.60 Å². The zero-order valence-electron chi connectivity index (χ0n) is 20.4. The Hall–Kier alpha value is -3.26. The molecule has 9 heteroatoms. The first-order chi connectivity index (χ1) is 16.6. The highest BCUT2D eigenvalue weighted by Crippen LogP contribution is 2.28. The first kappa shape index (κ1) is 24.9. The number of pyridine rings is 2. The molecule has 0 atom stereocenters. The smallest absolute Gasteiger partial charge is 0.410 e. The van der Waals surface area contributed by atoms with Crippen LogP contribution >= 0.6 is 11.6 Å². The minimum atomic E-state index is -0.542. The second-order valence-electron chi connectivity index (χ2n) is 9.57. The number of rotatable bonds is 5. The fourth-order valence-electron chi connectivity index (χ4n) is 4.13. The van der Waals surface area contributed by atoms with E-state index in [0.717, 1.165) is 11.3 Å². The zero-order chi connectivity index (χ0) is 25.2. The number of ether oxygens (including phenoxy) is 3. The summed E-state index contributed by atoms with van der Waals surface area (Å²) >= 11 is 6.21. The lowest BCUT2D eigenvalue weighted by atomic mass is 10.0. The maximum atomic E-state index is 13.5. The van der Waals surface area contributed by atoms with Gasteiger partial charge in [0.1, 0.15) is 34.2 Å². The molecule has 1 fully saturated rings. The van der Waals surface area contributed by atoms with Crippen LogP contribution in [0.3, 0.4) is 0 Å². The monoisotopic (exact) mass is 499 g/mol. The lowest BCUT2D eigenvalue weighted by Gasteiger charge is -2.34. The highest BCUT2D eigenvalue weighted by Gasteiger charge is 2.28. The minimum absolute atomic E-state index is 0.0456. The van der Waals surface area contributed by atoms with Crippen LogP contribution in [0.5, 0.6) is 11.5 Å². The van der Waals surface area contributed by atoms with E-state index >= 15 is 0 Å². The number of carbonyl (C=O) groups excluding carboxylic acids is 1. The van der Waals surface area contributed by atoms with Crippen LogP contribution in [0, 0.1) is 0 Å². The molecule has 1 aliphatic heterocycles. The second-order valence-corrected chi connectivity index (χ2v) is 9.95. The van der Waals surface area contributed by atoms with E-state index in [1.165, 1.54) is 0 Å². The molecule has 35 heavy (non-hydrogen) atoms. The van der Waals surface area contributed by atoms with Crippen molar-refractivity contribution in [1.82, 2.24) is 14.5 Å². The molecule has 1 aromatic carbocycles. The van der Waals surface area contributed by atoms with Gasteiger partial charge in [0.05, 0.1) is 12.6 Å². The Morgan fingerprint density at radius 3 is 2.46 bits per heavy atom. The Bertz CT molecular complexity index is 1260. The molecule has 3 aromatic rings. The summed E-state index contributed by atoms with van der Waals surface area (Å²) in [6, 6.07) is 10.8. The molecule has 0 unspecified atom stereocenters. The van der Waals surface area contributed by atoms with Crippen molar-refractivity contribution < 1.29 is 19.0 Å². The van der Waals surface area contributed by atoms with Crippen molar-refractivity contribution in [3.8, 4) is 11.5 Å². The molecule has 2 aromatic heterocycles. The molecule has 0 radical (unpaired) electrons. The third-order valence-electron chi connectivity index (χ3n) is 5.88. The van der Waals surface area contributed by atoms with Crippen molar-refractivity contribution in [3.05, 3.63) is 63.7 Å². The summed E-state index contributed by atoms with van der Waals surface area (Å²) in [5, 5.41) is 0.644. The average molecular weight is 500 g/mol. The van der Waals surface area contributed by atoms with Crippen molar-refractivity contribution in [3.63, 3.8) is 0 Å². The summed E-state index contributed by atoms with van der Waals surface area (Å²) in [5.41, 5.74) is 0.680. The predicted octanol–water partition coefficient (Wildman–Crippen LogP) is 5.21. The Morgan fingerprint density at radius 1 is 1.14 bits per heavy atom. The number of carbonyl (C=O) groups is 1. The SMILES string of the molecule is COc1ccc(COc2cc(Cl)nc3ccn(C4CCN(C(=O)OC(C)(C)C)CC4)c(=O)c23)cc1. The molecule has 0 spiro atoms. The Balaban J connectivity index is 1.54. The number of amides is 1. The number of hydrogen-bond donors (Lipinski definition) is 0. The van der Waals surface area contributed by atoms with Crippen LogP contribution in [0.25, 0.3) is 10.9 Å². The fourth-order valence-corrected chi connectivity index (χ4v) is 4.32. The van der Waals surface area contributed by atoms with Crippen LogP contribution in [-0.4, -0.2) is 46.3 Å². The number of nitrogens with zero attached hydrogens (tertiary/aromatic N) is 3. The fraction of sp³-hybridized carbons (Fsp3) is 0.423. The molecule has 4 rings (SSSR count). The molecular formula is C26H30ClN3O5. The summed E-state index contributed by atoms with van der Waals surface area (Å²) in [4.78, 5) is 31.9. The van der Waals surface area contributed by atoms with E-state index in [2.05, 4.69) is 4.98 Å². The third kappa shape index (κ3) is 5.88. The first-order valence-corrected chi connectivity index (χ1v) is 12.0. The lowest BCUT2D eigenvalue weighted by Crippen LogP contribution is -2.43. The predicted molar refractivity (Wildman–Crippen MR) is 134 cm³/mol. The topological polar surface area (TPSA) is 82.9 Å². The Labute approximate surface area is 209 Å². The number of halogens is 1. The highest BCUT2D eigenvalue weighted by atomic mass is 35.5. The van der Waals surface area contributed by atoms with Gasteiger partial charge in [0.2, 0.25) is 0 Å². The van der Waals surface area contributed by atoms with Crippen molar-refractivity contribution >= 4 is 28.6 Å². The molecule has 1 saturated heterocycles. The molecule has 1 aliphatic rings. The van der Waals surface area contributed by atoms with E-state index in [1.807, 2.05) is 45.0 Å².